The molecular weight excluding hydrogens is 466 g/mol. The quantitative estimate of drug-likeness (QED) is 0.512. The minimum atomic E-state index is -0.443. The third kappa shape index (κ3) is 4.81. The van der Waals surface area contributed by atoms with Crippen LogP contribution in [0, 0.1) is 0 Å². The molecule has 0 bridgehead atoms. The van der Waals surface area contributed by atoms with Gasteiger partial charge in [-0.05, 0) is 66.8 Å². The van der Waals surface area contributed by atoms with Crippen molar-refractivity contribution in [2.45, 2.75) is 44.8 Å². The number of ether oxygens (including phenoxy) is 1. The Kier molecular flexibility index (Phi) is 6.95. The van der Waals surface area contributed by atoms with Crippen molar-refractivity contribution in [2.75, 3.05) is 18.6 Å². The molecule has 1 N–H and O–H groups in total. The third-order valence-electron chi connectivity index (χ3n) is 7.25. The minimum absolute atomic E-state index is 0.0730. The zero-order valence-electron chi connectivity index (χ0n) is 21.1. The van der Waals surface area contributed by atoms with E-state index in [1.807, 2.05) is 67.6 Å². The molecule has 0 unspecified atom stereocenters. The maximum Gasteiger partial charge on any atom is 0.256 e. The van der Waals surface area contributed by atoms with Gasteiger partial charge in [-0.2, -0.15) is 0 Å². The highest BCUT2D eigenvalue weighted by Crippen LogP contribution is 2.33. The van der Waals surface area contributed by atoms with Crippen LogP contribution in [0.3, 0.4) is 0 Å². The summed E-state index contributed by atoms with van der Waals surface area (Å²) in [4.78, 5) is 43.4. The van der Waals surface area contributed by atoms with Crippen molar-refractivity contribution in [3.05, 3.63) is 95.1 Å². The summed E-state index contributed by atoms with van der Waals surface area (Å²) in [6.45, 7) is 2.91. The lowest BCUT2D eigenvalue weighted by Crippen LogP contribution is -2.44. The van der Waals surface area contributed by atoms with Crippen molar-refractivity contribution in [1.82, 2.24) is 10.2 Å². The van der Waals surface area contributed by atoms with Gasteiger partial charge < -0.3 is 19.9 Å². The molecule has 0 saturated carbocycles. The first-order valence-corrected chi connectivity index (χ1v) is 12.7. The topological polar surface area (TPSA) is 79.0 Å². The molecule has 3 aromatic rings. The molecule has 2 heterocycles. The lowest BCUT2D eigenvalue weighted by Gasteiger charge is -2.26. The number of nitrogens with one attached hydrogen (secondary N) is 1. The van der Waals surface area contributed by atoms with Crippen molar-refractivity contribution in [2.24, 2.45) is 0 Å². The molecule has 0 radical (unpaired) electrons. The largest absolute Gasteiger partial charge is 0.497 e. The number of benzene rings is 3. The van der Waals surface area contributed by atoms with Crippen LogP contribution in [-0.2, 0) is 11.3 Å². The Morgan fingerprint density at radius 3 is 2.59 bits per heavy atom. The number of nitrogens with zero attached hydrogens (tertiary/aromatic N) is 2. The summed E-state index contributed by atoms with van der Waals surface area (Å²) in [5, 5.41) is 3.13. The number of rotatable bonds is 7. The van der Waals surface area contributed by atoms with E-state index in [1.165, 1.54) is 0 Å². The molecule has 0 aliphatic carbocycles. The van der Waals surface area contributed by atoms with E-state index in [1.54, 1.807) is 29.0 Å². The molecule has 3 amide bonds. The first-order valence-electron chi connectivity index (χ1n) is 12.7. The minimum Gasteiger partial charge on any atom is -0.497 e. The summed E-state index contributed by atoms with van der Waals surface area (Å²) < 4.78 is 5.24. The van der Waals surface area contributed by atoms with Gasteiger partial charge in [0.05, 0.1) is 30.9 Å². The van der Waals surface area contributed by atoms with Crippen LogP contribution in [0.1, 0.15) is 64.1 Å². The van der Waals surface area contributed by atoms with Crippen LogP contribution >= 0.6 is 0 Å². The Balaban J connectivity index is 1.38. The summed E-state index contributed by atoms with van der Waals surface area (Å²) >= 11 is 0. The molecule has 7 nitrogen and oxygen atoms in total. The number of amides is 3. The maximum absolute atomic E-state index is 13.6. The maximum atomic E-state index is 13.6. The second-order valence-electron chi connectivity index (χ2n) is 9.51. The molecule has 37 heavy (non-hydrogen) atoms. The van der Waals surface area contributed by atoms with E-state index in [-0.39, 0.29) is 30.3 Å². The Hall–Kier alpha value is -4.13. The van der Waals surface area contributed by atoms with Crippen LogP contribution in [0.4, 0.5) is 5.69 Å². The highest BCUT2D eigenvalue weighted by molar-refractivity contribution is 6.11. The van der Waals surface area contributed by atoms with Gasteiger partial charge in [0.15, 0.2) is 0 Å². The smallest absolute Gasteiger partial charge is 0.256 e. The van der Waals surface area contributed by atoms with Crippen LogP contribution in [0.15, 0.2) is 72.8 Å². The van der Waals surface area contributed by atoms with Gasteiger partial charge in [-0.3, -0.25) is 14.4 Å². The predicted octanol–water partition coefficient (Wildman–Crippen LogP) is 4.73. The molecule has 5 rings (SSSR count). The second kappa shape index (κ2) is 10.5. The number of anilines is 1. The standard InChI is InChI=1S/C30H31N3O4/c1-3-25(21-13-15-23(37-2)16-14-21)31-28(34)22-9-6-8-20(18-22)19-33-26-11-5-4-10-24(26)29(35)32-17-7-12-27(32)30(33)36/h4-6,8-11,13-16,18,25,27H,3,7,12,17,19H2,1-2H3,(H,31,34)/t25-,27+/m0/s1. The summed E-state index contributed by atoms with van der Waals surface area (Å²) in [5.41, 5.74) is 3.52. The normalized spacial score (nSPS) is 17.6. The van der Waals surface area contributed by atoms with Gasteiger partial charge in [-0.1, -0.05) is 43.3 Å². The van der Waals surface area contributed by atoms with Crippen LogP contribution in [-0.4, -0.2) is 42.3 Å². The fourth-order valence-electron chi connectivity index (χ4n) is 5.27. The van der Waals surface area contributed by atoms with Crippen molar-refractivity contribution in [3.8, 4) is 5.75 Å². The lowest BCUT2D eigenvalue weighted by molar-refractivity contribution is -0.122. The SMILES string of the molecule is CC[C@H](NC(=O)c1cccc(CN2C(=O)[C@H]3CCCN3C(=O)c3ccccc32)c1)c1ccc(OC)cc1. The Morgan fingerprint density at radius 1 is 1.05 bits per heavy atom. The van der Waals surface area contributed by atoms with Crippen LogP contribution in [0.5, 0.6) is 5.75 Å². The number of carbonyl (C=O) groups excluding carboxylic acids is 3. The summed E-state index contributed by atoms with van der Waals surface area (Å²) in [6, 6.07) is 21.7. The summed E-state index contributed by atoms with van der Waals surface area (Å²) in [7, 11) is 1.63. The average molecular weight is 498 g/mol. The molecule has 2 aliphatic rings. The first kappa shape index (κ1) is 24.6. The second-order valence-corrected chi connectivity index (χ2v) is 9.51. The molecule has 2 aliphatic heterocycles. The van der Waals surface area contributed by atoms with E-state index in [0.717, 1.165) is 29.7 Å². The zero-order valence-corrected chi connectivity index (χ0v) is 21.1. The molecule has 1 saturated heterocycles. The van der Waals surface area contributed by atoms with Crippen molar-refractivity contribution >= 4 is 23.4 Å². The number of fused-ring (bicyclic) bond motifs is 2. The first-order chi connectivity index (χ1) is 18.0. The highest BCUT2D eigenvalue weighted by Gasteiger charge is 2.41. The number of hydrogen-bond acceptors (Lipinski definition) is 4. The van der Waals surface area contributed by atoms with E-state index in [0.29, 0.717) is 29.8 Å². The van der Waals surface area contributed by atoms with E-state index in [4.69, 9.17) is 4.74 Å². The van der Waals surface area contributed by atoms with E-state index in [9.17, 15) is 14.4 Å². The van der Waals surface area contributed by atoms with Gasteiger partial charge in [-0.15, -0.1) is 0 Å². The fourth-order valence-corrected chi connectivity index (χ4v) is 5.27. The average Bonchev–Trinajstić information content (AvgIpc) is 3.41. The van der Waals surface area contributed by atoms with Crippen molar-refractivity contribution in [1.29, 1.82) is 0 Å². The van der Waals surface area contributed by atoms with Crippen LogP contribution in [0.25, 0.3) is 0 Å². The zero-order chi connectivity index (χ0) is 25.9. The van der Waals surface area contributed by atoms with E-state index < -0.39 is 6.04 Å². The number of para-hydroxylation sites is 1. The Labute approximate surface area is 217 Å². The number of carbonyl (C=O) groups is 3. The number of hydrogen-bond donors (Lipinski definition) is 1. The predicted molar refractivity (Wildman–Crippen MR) is 142 cm³/mol. The highest BCUT2D eigenvalue weighted by atomic mass is 16.5. The monoisotopic (exact) mass is 497 g/mol. The van der Waals surface area contributed by atoms with Gasteiger partial charge in [0.2, 0.25) is 5.91 Å². The van der Waals surface area contributed by atoms with E-state index in [2.05, 4.69) is 5.32 Å². The molecule has 7 heteroatoms. The molecule has 0 aromatic heterocycles. The molecule has 1 fully saturated rings. The molecule has 3 aromatic carbocycles. The van der Waals surface area contributed by atoms with Crippen molar-refractivity contribution in [3.63, 3.8) is 0 Å². The van der Waals surface area contributed by atoms with Gasteiger partial charge in [0.1, 0.15) is 11.8 Å². The van der Waals surface area contributed by atoms with Gasteiger partial charge >= 0.3 is 0 Å². The lowest BCUT2D eigenvalue weighted by atomic mass is 10.0. The Bertz CT molecular complexity index is 1320. The summed E-state index contributed by atoms with van der Waals surface area (Å²) in [6.07, 6.45) is 2.23. The molecule has 0 spiro atoms. The summed E-state index contributed by atoms with van der Waals surface area (Å²) in [5.74, 6) is 0.427. The van der Waals surface area contributed by atoms with Crippen molar-refractivity contribution < 1.29 is 19.1 Å². The molecule has 190 valence electrons. The van der Waals surface area contributed by atoms with E-state index >= 15 is 0 Å². The van der Waals surface area contributed by atoms with Gasteiger partial charge in [0.25, 0.3) is 11.8 Å². The molecule has 2 atom stereocenters. The third-order valence-corrected chi connectivity index (χ3v) is 7.25. The van der Waals surface area contributed by atoms with Gasteiger partial charge in [-0.25, -0.2) is 0 Å². The van der Waals surface area contributed by atoms with Gasteiger partial charge in [0, 0.05) is 12.1 Å². The number of methoxy groups -OCH3 is 1. The molecular formula is C30H31N3O4. The van der Waals surface area contributed by atoms with Crippen LogP contribution in [0.2, 0.25) is 0 Å². The Morgan fingerprint density at radius 2 is 1.84 bits per heavy atom. The fraction of sp³-hybridized carbons (Fsp3) is 0.300. The van der Waals surface area contributed by atoms with Crippen LogP contribution < -0.4 is 15.0 Å².